The van der Waals surface area contributed by atoms with E-state index >= 15 is 0 Å². The second-order valence-corrected chi connectivity index (χ2v) is 7.29. The number of fused-ring (bicyclic) bond motifs is 2. The van der Waals surface area contributed by atoms with Crippen molar-refractivity contribution in [1.29, 1.82) is 0 Å². The number of aromatic nitrogens is 2. The van der Waals surface area contributed by atoms with Gasteiger partial charge in [-0.05, 0) is 49.0 Å². The summed E-state index contributed by atoms with van der Waals surface area (Å²) in [6.45, 7) is 10.2. The van der Waals surface area contributed by atoms with Crippen LogP contribution in [0, 0.1) is 16.7 Å². The first-order valence-corrected chi connectivity index (χ1v) is 7.79. The molecule has 1 aromatic rings. The number of hydrogen-bond donors (Lipinski definition) is 2. The van der Waals surface area contributed by atoms with Crippen LogP contribution in [0.1, 0.15) is 47.0 Å². The van der Waals surface area contributed by atoms with Crippen LogP contribution in [0.3, 0.4) is 0 Å². The maximum atomic E-state index is 4.57. The fraction of sp³-hybridized carbons (Fsp3) is 0.750. The Kier molecular flexibility index (Phi) is 3.14. The molecule has 2 N–H and O–H groups in total. The molecule has 0 amide bonds. The fourth-order valence-corrected chi connectivity index (χ4v) is 4.49. The van der Waals surface area contributed by atoms with Gasteiger partial charge in [-0.25, -0.2) is 4.98 Å². The Morgan fingerprint density at radius 3 is 2.80 bits per heavy atom. The van der Waals surface area contributed by atoms with Crippen LogP contribution in [0.25, 0.3) is 0 Å². The zero-order valence-corrected chi connectivity index (χ0v) is 13.0. The highest BCUT2D eigenvalue weighted by atomic mass is 15.2. The lowest BCUT2D eigenvalue weighted by Gasteiger charge is -2.43. The summed E-state index contributed by atoms with van der Waals surface area (Å²) in [6, 6.07) is 2.48. The van der Waals surface area contributed by atoms with Gasteiger partial charge in [0.15, 0.2) is 0 Å². The summed E-state index contributed by atoms with van der Waals surface area (Å²) >= 11 is 0. The van der Waals surface area contributed by atoms with Crippen LogP contribution in [-0.2, 0) is 0 Å². The molecule has 2 aliphatic carbocycles. The highest BCUT2D eigenvalue weighted by Gasteiger charge is 2.59. The Balaban J connectivity index is 1.82. The molecule has 20 heavy (non-hydrogen) atoms. The largest absolute Gasteiger partial charge is 0.366 e. The molecule has 1 heterocycles. The molecular weight excluding hydrogens is 248 g/mol. The van der Waals surface area contributed by atoms with Gasteiger partial charge in [0.2, 0.25) is 5.95 Å². The van der Waals surface area contributed by atoms with Gasteiger partial charge in [-0.3, -0.25) is 0 Å². The molecule has 0 spiro atoms. The summed E-state index contributed by atoms with van der Waals surface area (Å²) in [5.74, 6) is 2.51. The van der Waals surface area contributed by atoms with Crippen LogP contribution in [0.15, 0.2) is 12.3 Å². The van der Waals surface area contributed by atoms with Crippen LogP contribution in [0.5, 0.6) is 0 Å². The minimum atomic E-state index is 0.344. The lowest BCUT2D eigenvalue weighted by molar-refractivity contribution is 0.155. The van der Waals surface area contributed by atoms with E-state index in [-0.39, 0.29) is 0 Å². The maximum Gasteiger partial charge on any atom is 0.224 e. The molecule has 0 aliphatic heterocycles. The van der Waals surface area contributed by atoms with Crippen molar-refractivity contribution in [2.45, 2.75) is 53.0 Å². The van der Waals surface area contributed by atoms with Crippen molar-refractivity contribution in [3.8, 4) is 0 Å². The second kappa shape index (κ2) is 4.61. The summed E-state index contributed by atoms with van der Waals surface area (Å²) in [6.07, 6.45) is 5.90. The van der Waals surface area contributed by atoms with Crippen LogP contribution in [0.4, 0.5) is 11.8 Å². The van der Waals surface area contributed by atoms with Gasteiger partial charge in [0.1, 0.15) is 5.82 Å². The summed E-state index contributed by atoms with van der Waals surface area (Å²) in [4.78, 5) is 8.82. The first-order chi connectivity index (χ1) is 9.45. The third kappa shape index (κ3) is 2.05. The van der Waals surface area contributed by atoms with Crippen molar-refractivity contribution in [3.63, 3.8) is 0 Å². The first-order valence-electron chi connectivity index (χ1n) is 7.79. The van der Waals surface area contributed by atoms with E-state index in [1.807, 2.05) is 12.3 Å². The molecule has 2 saturated carbocycles. The molecule has 2 aliphatic rings. The van der Waals surface area contributed by atoms with Gasteiger partial charge < -0.3 is 10.6 Å². The Hall–Kier alpha value is -1.32. The molecule has 3 atom stereocenters. The Morgan fingerprint density at radius 2 is 2.15 bits per heavy atom. The molecule has 0 aromatic carbocycles. The van der Waals surface area contributed by atoms with Crippen LogP contribution in [0.2, 0.25) is 0 Å². The van der Waals surface area contributed by atoms with Crippen molar-refractivity contribution in [1.82, 2.24) is 9.97 Å². The molecule has 3 unspecified atom stereocenters. The summed E-state index contributed by atoms with van der Waals surface area (Å²) < 4.78 is 0. The van der Waals surface area contributed by atoms with E-state index in [4.69, 9.17) is 0 Å². The lowest BCUT2D eigenvalue weighted by Crippen LogP contribution is -2.46. The smallest absolute Gasteiger partial charge is 0.224 e. The predicted octanol–water partition coefficient (Wildman–Crippen LogP) is 3.54. The average Bonchev–Trinajstić information content (AvgIpc) is 2.87. The minimum Gasteiger partial charge on any atom is -0.366 e. The quantitative estimate of drug-likeness (QED) is 0.882. The molecule has 110 valence electrons. The third-order valence-corrected chi connectivity index (χ3v) is 5.55. The van der Waals surface area contributed by atoms with Gasteiger partial charge in [-0.2, -0.15) is 4.98 Å². The minimum absolute atomic E-state index is 0.344. The number of nitrogens with zero attached hydrogens (tertiary/aromatic N) is 2. The summed E-state index contributed by atoms with van der Waals surface area (Å²) in [5.41, 5.74) is 0.758. The zero-order valence-electron chi connectivity index (χ0n) is 13.0. The van der Waals surface area contributed by atoms with E-state index in [2.05, 4.69) is 48.3 Å². The normalized spacial score (nSPS) is 34.2. The second-order valence-electron chi connectivity index (χ2n) is 7.29. The molecule has 4 nitrogen and oxygen atoms in total. The van der Waals surface area contributed by atoms with Gasteiger partial charge in [0, 0.05) is 18.8 Å². The Bertz CT molecular complexity index is 494. The third-order valence-electron chi connectivity index (χ3n) is 5.55. The highest BCUT2D eigenvalue weighted by molar-refractivity contribution is 5.42. The monoisotopic (exact) mass is 274 g/mol. The molecule has 2 fully saturated rings. The van der Waals surface area contributed by atoms with Gasteiger partial charge in [0.05, 0.1) is 0 Å². The van der Waals surface area contributed by atoms with E-state index in [0.717, 1.165) is 18.3 Å². The molecule has 1 aromatic heterocycles. The highest BCUT2D eigenvalue weighted by Crippen LogP contribution is 2.62. The fourth-order valence-electron chi connectivity index (χ4n) is 4.49. The van der Waals surface area contributed by atoms with E-state index in [9.17, 15) is 0 Å². The van der Waals surface area contributed by atoms with Crippen molar-refractivity contribution in [2.75, 3.05) is 17.2 Å². The maximum absolute atomic E-state index is 4.57. The van der Waals surface area contributed by atoms with Crippen molar-refractivity contribution >= 4 is 11.8 Å². The average molecular weight is 274 g/mol. The number of nitrogens with one attached hydrogen (secondary N) is 2. The zero-order chi connectivity index (χ0) is 14.4. The van der Waals surface area contributed by atoms with Crippen LogP contribution in [-0.4, -0.2) is 22.6 Å². The number of rotatable bonds is 4. The van der Waals surface area contributed by atoms with E-state index in [1.165, 1.54) is 19.3 Å². The summed E-state index contributed by atoms with van der Waals surface area (Å²) in [5, 5.41) is 6.89. The molecule has 0 saturated heterocycles. The SMILES string of the molecule is CCNc1nccc(NC2C3(C)CCC(C3)C2(C)C)n1. The number of anilines is 2. The van der Waals surface area contributed by atoms with Gasteiger partial charge in [-0.15, -0.1) is 0 Å². The summed E-state index contributed by atoms with van der Waals surface area (Å²) in [7, 11) is 0. The molecular formula is C16H26N4. The lowest BCUT2D eigenvalue weighted by atomic mass is 9.68. The standard InChI is InChI=1S/C16H26N4/c1-5-17-14-18-9-7-12(20-14)19-13-15(2,3)11-6-8-16(13,4)10-11/h7,9,11,13H,5-6,8,10H2,1-4H3,(H2,17,18,19,20). The van der Waals surface area contributed by atoms with Crippen LogP contribution >= 0.6 is 0 Å². The van der Waals surface area contributed by atoms with Crippen LogP contribution < -0.4 is 10.6 Å². The Labute approximate surface area is 121 Å². The van der Waals surface area contributed by atoms with Crippen molar-refractivity contribution in [3.05, 3.63) is 12.3 Å². The molecule has 4 heteroatoms. The molecule has 3 rings (SSSR count). The molecule has 0 radical (unpaired) electrons. The van der Waals surface area contributed by atoms with E-state index < -0.39 is 0 Å². The van der Waals surface area contributed by atoms with Crippen molar-refractivity contribution < 1.29 is 0 Å². The Morgan fingerprint density at radius 1 is 1.35 bits per heavy atom. The van der Waals surface area contributed by atoms with Gasteiger partial charge >= 0.3 is 0 Å². The predicted molar refractivity (Wildman–Crippen MR) is 82.8 cm³/mol. The van der Waals surface area contributed by atoms with E-state index in [1.54, 1.807) is 0 Å². The number of hydrogen-bond acceptors (Lipinski definition) is 4. The van der Waals surface area contributed by atoms with Crippen molar-refractivity contribution in [2.24, 2.45) is 16.7 Å². The molecule has 2 bridgehead atoms. The van der Waals surface area contributed by atoms with E-state index in [0.29, 0.717) is 22.8 Å². The first kappa shape index (κ1) is 13.7. The van der Waals surface area contributed by atoms with Gasteiger partial charge in [0.25, 0.3) is 0 Å². The van der Waals surface area contributed by atoms with Gasteiger partial charge in [-0.1, -0.05) is 20.8 Å². The topological polar surface area (TPSA) is 49.8 Å².